The number of nitrogens with one attached hydrogen (secondary N) is 1. The van der Waals surface area contributed by atoms with E-state index < -0.39 is 12.0 Å². The highest BCUT2D eigenvalue weighted by atomic mass is 16.5. The highest BCUT2D eigenvalue weighted by molar-refractivity contribution is 5.93. The molecule has 0 bridgehead atoms. The van der Waals surface area contributed by atoms with Crippen LogP contribution in [0.25, 0.3) is 0 Å². The maximum Gasteiger partial charge on any atom is 0.404 e. The summed E-state index contributed by atoms with van der Waals surface area (Å²) in [4.78, 5) is 21.7. The Bertz CT molecular complexity index is 510. The van der Waals surface area contributed by atoms with Crippen LogP contribution < -0.4 is 15.8 Å². The molecule has 2 rings (SSSR count). The van der Waals surface area contributed by atoms with Gasteiger partial charge in [0.15, 0.2) is 0 Å². The van der Waals surface area contributed by atoms with E-state index in [1.54, 1.807) is 24.3 Å². The molecular formula is C15H20N2O4. The molecule has 1 fully saturated rings. The Balaban J connectivity index is 1.78. The Morgan fingerprint density at radius 1 is 1.29 bits per heavy atom. The number of benzene rings is 1. The molecule has 6 heteroatoms. The summed E-state index contributed by atoms with van der Waals surface area (Å²) in [5, 5.41) is 11.2. The smallest absolute Gasteiger partial charge is 0.404 e. The SMILES string of the molecule is NC(=O)c1cccc(OC[C@H]2CC[C@H](NC(=O)O)CC2)c1. The Morgan fingerprint density at radius 3 is 2.62 bits per heavy atom. The van der Waals surface area contributed by atoms with Crippen molar-refractivity contribution in [2.24, 2.45) is 11.7 Å². The molecule has 6 nitrogen and oxygen atoms in total. The zero-order valence-electron chi connectivity index (χ0n) is 11.7. The number of amides is 2. The third kappa shape index (κ3) is 4.66. The molecule has 0 atom stereocenters. The number of primary amides is 1. The summed E-state index contributed by atoms with van der Waals surface area (Å²) in [7, 11) is 0. The third-order valence-electron chi connectivity index (χ3n) is 3.78. The lowest BCUT2D eigenvalue weighted by Crippen LogP contribution is -2.37. The van der Waals surface area contributed by atoms with E-state index >= 15 is 0 Å². The van der Waals surface area contributed by atoms with Crippen LogP contribution in [0.2, 0.25) is 0 Å². The van der Waals surface area contributed by atoms with E-state index in [-0.39, 0.29) is 6.04 Å². The number of hydrogen-bond donors (Lipinski definition) is 3. The number of rotatable bonds is 5. The largest absolute Gasteiger partial charge is 0.493 e. The van der Waals surface area contributed by atoms with Crippen molar-refractivity contribution < 1.29 is 19.4 Å². The molecular weight excluding hydrogens is 272 g/mol. The van der Waals surface area contributed by atoms with Crippen molar-refractivity contribution >= 4 is 12.0 Å². The lowest BCUT2D eigenvalue weighted by molar-refractivity contribution is 0.0999. The molecule has 4 N–H and O–H groups in total. The zero-order valence-corrected chi connectivity index (χ0v) is 11.7. The van der Waals surface area contributed by atoms with Crippen LogP contribution in [-0.2, 0) is 0 Å². The lowest BCUT2D eigenvalue weighted by Gasteiger charge is -2.28. The van der Waals surface area contributed by atoms with E-state index in [0.717, 1.165) is 25.7 Å². The molecule has 2 amide bonds. The average Bonchev–Trinajstić information content (AvgIpc) is 2.46. The standard InChI is InChI=1S/C15H20N2O4/c16-14(18)11-2-1-3-13(8-11)21-9-10-4-6-12(7-5-10)17-15(19)20/h1-3,8,10,12,17H,4-7,9H2,(H2,16,18)(H,19,20)/t10-,12-. The van der Waals surface area contributed by atoms with Crippen LogP contribution in [0.1, 0.15) is 36.0 Å². The van der Waals surface area contributed by atoms with Gasteiger partial charge in [-0.05, 0) is 49.8 Å². The topological polar surface area (TPSA) is 102 Å². The second kappa shape index (κ2) is 6.97. The van der Waals surface area contributed by atoms with Crippen LogP contribution >= 0.6 is 0 Å². The van der Waals surface area contributed by atoms with Gasteiger partial charge >= 0.3 is 6.09 Å². The predicted octanol–water partition coefficient (Wildman–Crippen LogP) is 1.99. The van der Waals surface area contributed by atoms with Crippen molar-refractivity contribution in [2.45, 2.75) is 31.7 Å². The fourth-order valence-corrected chi connectivity index (χ4v) is 2.60. The third-order valence-corrected chi connectivity index (χ3v) is 3.78. The Kier molecular flexibility index (Phi) is 5.03. The van der Waals surface area contributed by atoms with Gasteiger partial charge in [-0.2, -0.15) is 0 Å². The van der Waals surface area contributed by atoms with Crippen molar-refractivity contribution in [2.75, 3.05) is 6.61 Å². The van der Waals surface area contributed by atoms with Gasteiger partial charge in [-0.25, -0.2) is 4.79 Å². The second-order valence-corrected chi connectivity index (χ2v) is 5.37. The number of carbonyl (C=O) groups excluding carboxylic acids is 1. The minimum Gasteiger partial charge on any atom is -0.493 e. The van der Waals surface area contributed by atoms with Crippen LogP contribution in [0.3, 0.4) is 0 Å². The molecule has 0 unspecified atom stereocenters. The van der Waals surface area contributed by atoms with Crippen molar-refractivity contribution in [3.63, 3.8) is 0 Å². The van der Waals surface area contributed by atoms with E-state index in [4.69, 9.17) is 15.6 Å². The van der Waals surface area contributed by atoms with Gasteiger partial charge in [0.2, 0.25) is 5.91 Å². The van der Waals surface area contributed by atoms with E-state index in [1.807, 2.05) is 0 Å². The van der Waals surface area contributed by atoms with Crippen LogP contribution in [0, 0.1) is 5.92 Å². The maximum atomic E-state index is 11.1. The monoisotopic (exact) mass is 292 g/mol. The first-order valence-corrected chi connectivity index (χ1v) is 7.06. The number of carboxylic acid groups (broad SMARTS) is 1. The molecule has 0 saturated heterocycles. The maximum absolute atomic E-state index is 11.1. The highest BCUT2D eigenvalue weighted by Crippen LogP contribution is 2.25. The van der Waals surface area contributed by atoms with E-state index in [2.05, 4.69) is 5.32 Å². The zero-order chi connectivity index (χ0) is 15.2. The highest BCUT2D eigenvalue weighted by Gasteiger charge is 2.22. The molecule has 1 aliphatic carbocycles. The molecule has 0 radical (unpaired) electrons. The van der Waals surface area contributed by atoms with Gasteiger partial charge < -0.3 is 20.9 Å². The van der Waals surface area contributed by atoms with Crippen molar-refractivity contribution in [1.82, 2.24) is 5.32 Å². The van der Waals surface area contributed by atoms with Gasteiger partial charge in [0.05, 0.1) is 6.61 Å². The minimum absolute atomic E-state index is 0.0527. The van der Waals surface area contributed by atoms with Gasteiger partial charge in [-0.1, -0.05) is 6.07 Å². The first kappa shape index (κ1) is 15.2. The number of nitrogens with two attached hydrogens (primary N) is 1. The summed E-state index contributed by atoms with van der Waals surface area (Å²) in [6.07, 6.45) is 2.57. The molecule has 1 saturated carbocycles. The fourth-order valence-electron chi connectivity index (χ4n) is 2.60. The lowest BCUT2D eigenvalue weighted by atomic mass is 9.86. The van der Waals surface area contributed by atoms with Crippen LogP contribution in [0.15, 0.2) is 24.3 Å². The quantitative estimate of drug-likeness (QED) is 0.772. The van der Waals surface area contributed by atoms with Gasteiger partial charge in [0, 0.05) is 11.6 Å². The minimum atomic E-state index is -0.960. The molecule has 114 valence electrons. The predicted molar refractivity (Wildman–Crippen MR) is 77.4 cm³/mol. The van der Waals surface area contributed by atoms with Gasteiger partial charge in [0.1, 0.15) is 5.75 Å². The summed E-state index contributed by atoms with van der Waals surface area (Å²) >= 11 is 0. The Hall–Kier alpha value is -2.24. The molecule has 0 aliphatic heterocycles. The second-order valence-electron chi connectivity index (χ2n) is 5.37. The molecule has 1 aromatic rings. The molecule has 21 heavy (non-hydrogen) atoms. The molecule has 0 aromatic heterocycles. The summed E-state index contributed by atoms with van der Waals surface area (Å²) in [6, 6.07) is 6.88. The Morgan fingerprint density at radius 2 is 2.00 bits per heavy atom. The number of hydrogen-bond acceptors (Lipinski definition) is 3. The van der Waals surface area contributed by atoms with E-state index in [0.29, 0.717) is 23.8 Å². The van der Waals surface area contributed by atoms with Crippen LogP contribution in [0.4, 0.5) is 4.79 Å². The van der Waals surface area contributed by atoms with Gasteiger partial charge in [-0.3, -0.25) is 4.79 Å². The summed E-state index contributed by atoms with van der Waals surface area (Å²) in [5.41, 5.74) is 5.66. The first-order chi connectivity index (χ1) is 10.0. The normalized spacial score (nSPS) is 21.5. The average molecular weight is 292 g/mol. The van der Waals surface area contributed by atoms with Gasteiger partial charge in [-0.15, -0.1) is 0 Å². The number of carbonyl (C=O) groups is 2. The summed E-state index contributed by atoms with van der Waals surface area (Å²) < 4.78 is 5.71. The molecule has 1 aliphatic rings. The first-order valence-electron chi connectivity index (χ1n) is 7.06. The molecule has 0 heterocycles. The van der Waals surface area contributed by atoms with Crippen LogP contribution in [0.5, 0.6) is 5.75 Å². The van der Waals surface area contributed by atoms with Crippen molar-refractivity contribution in [3.05, 3.63) is 29.8 Å². The fraction of sp³-hybridized carbons (Fsp3) is 0.467. The van der Waals surface area contributed by atoms with Crippen LogP contribution in [-0.4, -0.2) is 29.8 Å². The van der Waals surface area contributed by atoms with Crippen molar-refractivity contribution in [3.8, 4) is 5.75 Å². The van der Waals surface area contributed by atoms with E-state index in [1.165, 1.54) is 0 Å². The molecule has 0 spiro atoms. The van der Waals surface area contributed by atoms with Crippen molar-refractivity contribution in [1.29, 1.82) is 0 Å². The number of ether oxygens (including phenoxy) is 1. The molecule has 1 aromatic carbocycles. The Labute approximate surface area is 123 Å². The summed E-state index contributed by atoms with van der Waals surface area (Å²) in [6.45, 7) is 0.571. The van der Waals surface area contributed by atoms with Gasteiger partial charge in [0.25, 0.3) is 0 Å². The summed E-state index contributed by atoms with van der Waals surface area (Å²) in [5.74, 6) is 0.576. The van der Waals surface area contributed by atoms with E-state index in [9.17, 15) is 9.59 Å².